The van der Waals surface area contributed by atoms with Crippen molar-refractivity contribution in [3.05, 3.63) is 55.4 Å². The van der Waals surface area contributed by atoms with Crippen molar-refractivity contribution < 1.29 is 9.18 Å². The largest absolute Gasteiger partial charge is 0.347 e. The predicted molar refractivity (Wildman–Crippen MR) is 74.6 cm³/mol. The number of carbonyl (C=O) groups excluding carboxylic acids is 1. The first-order valence-electron chi connectivity index (χ1n) is 5.04. The van der Waals surface area contributed by atoms with Gasteiger partial charge in [-0.1, -0.05) is 17.7 Å². The molecule has 1 N–H and O–H groups in total. The summed E-state index contributed by atoms with van der Waals surface area (Å²) in [5.74, 6) is -0.785. The zero-order valence-electron chi connectivity index (χ0n) is 9.04. The second kappa shape index (κ2) is 5.82. The van der Waals surface area contributed by atoms with Gasteiger partial charge in [0.05, 0.1) is 20.9 Å². The van der Waals surface area contributed by atoms with Crippen molar-refractivity contribution >= 4 is 44.8 Å². The maximum atomic E-state index is 13.3. The Kier molecular flexibility index (Phi) is 4.37. The molecule has 0 aliphatic carbocycles. The van der Waals surface area contributed by atoms with Gasteiger partial charge in [0.2, 0.25) is 0 Å². The van der Waals surface area contributed by atoms with Crippen LogP contribution in [-0.2, 0) is 6.54 Å². The van der Waals surface area contributed by atoms with Crippen molar-refractivity contribution in [1.82, 2.24) is 5.32 Å². The van der Waals surface area contributed by atoms with Gasteiger partial charge in [0.15, 0.2) is 0 Å². The summed E-state index contributed by atoms with van der Waals surface area (Å²) in [6.07, 6.45) is 0. The molecule has 2 aromatic rings. The molecule has 0 bridgehead atoms. The molecule has 0 saturated heterocycles. The maximum absolute atomic E-state index is 13.3. The minimum atomic E-state index is -0.457. The van der Waals surface area contributed by atoms with E-state index in [1.54, 1.807) is 12.1 Å². The Bertz CT molecular complexity index is 587. The molecule has 2 nitrogen and oxygen atoms in total. The van der Waals surface area contributed by atoms with E-state index in [0.717, 1.165) is 4.88 Å². The van der Waals surface area contributed by atoms with E-state index in [1.807, 2.05) is 6.07 Å². The Morgan fingerprint density at radius 2 is 2.17 bits per heavy atom. The number of benzene rings is 1. The zero-order chi connectivity index (χ0) is 13.1. The Morgan fingerprint density at radius 1 is 1.39 bits per heavy atom. The van der Waals surface area contributed by atoms with Crippen LogP contribution in [0.3, 0.4) is 0 Å². The first-order chi connectivity index (χ1) is 8.58. The number of halogens is 3. The molecule has 0 aliphatic rings. The average molecular weight is 349 g/mol. The van der Waals surface area contributed by atoms with Crippen LogP contribution in [0.4, 0.5) is 4.39 Å². The van der Waals surface area contributed by atoms with Crippen LogP contribution in [0, 0.1) is 5.82 Å². The highest BCUT2D eigenvalue weighted by Crippen LogP contribution is 2.22. The number of amides is 1. The second-order valence-corrected chi connectivity index (χ2v) is 6.08. The molecule has 1 aromatic heterocycles. The van der Waals surface area contributed by atoms with E-state index in [1.165, 1.54) is 23.5 Å². The summed E-state index contributed by atoms with van der Waals surface area (Å²) in [5.41, 5.74) is 0.276. The van der Waals surface area contributed by atoms with Crippen LogP contribution in [0.15, 0.2) is 34.8 Å². The highest BCUT2D eigenvalue weighted by atomic mass is 79.9. The van der Waals surface area contributed by atoms with E-state index in [2.05, 4.69) is 21.2 Å². The topological polar surface area (TPSA) is 29.1 Å². The molecular weight excluding hydrogens is 341 g/mol. The fourth-order valence-corrected chi connectivity index (χ4v) is 2.86. The standard InChI is InChI=1S/C12H8BrClFNOS/c13-11-8(2-1-3-9(11)15)12(17)16-6-7-4-5-10(14)18-7/h1-5H,6H2,(H,16,17). The van der Waals surface area contributed by atoms with Crippen LogP contribution < -0.4 is 5.32 Å². The quantitative estimate of drug-likeness (QED) is 0.883. The number of carbonyl (C=O) groups is 1. The fourth-order valence-electron chi connectivity index (χ4n) is 1.39. The molecule has 94 valence electrons. The van der Waals surface area contributed by atoms with E-state index in [4.69, 9.17) is 11.6 Å². The summed E-state index contributed by atoms with van der Waals surface area (Å²) < 4.78 is 14.1. The van der Waals surface area contributed by atoms with Crippen molar-refractivity contribution in [2.24, 2.45) is 0 Å². The molecule has 0 aliphatic heterocycles. The molecule has 18 heavy (non-hydrogen) atoms. The Labute approximate surface area is 121 Å². The van der Waals surface area contributed by atoms with Gasteiger partial charge in [0.25, 0.3) is 5.91 Å². The number of thiophene rings is 1. The van der Waals surface area contributed by atoms with Crippen molar-refractivity contribution in [2.45, 2.75) is 6.54 Å². The van der Waals surface area contributed by atoms with E-state index < -0.39 is 5.82 Å². The van der Waals surface area contributed by atoms with Gasteiger partial charge in [-0.3, -0.25) is 4.79 Å². The van der Waals surface area contributed by atoms with Crippen LogP contribution in [0.1, 0.15) is 15.2 Å². The highest BCUT2D eigenvalue weighted by Gasteiger charge is 2.12. The molecule has 1 amide bonds. The first kappa shape index (κ1) is 13.5. The van der Waals surface area contributed by atoms with Gasteiger partial charge in [-0.2, -0.15) is 0 Å². The van der Waals surface area contributed by atoms with Gasteiger partial charge < -0.3 is 5.32 Å². The summed E-state index contributed by atoms with van der Waals surface area (Å²) in [6.45, 7) is 0.374. The normalized spacial score (nSPS) is 10.4. The molecule has 0 radical (unpaired) electrons. The van der Waals surface area contributed by atoms with Crippen LogP contribution >= 0.6 is 38.9 Å². The van der Waals surface area contributed by atoms with E-state index in [-0.39, 0.29) is 15.9 Å². The molecule has 0 spiro atoms. The minimum Gasteiger partial charge on any atom is -0.347 e. The summed E-state index contributed by atoms with van der Waals surface area (Å²) in [4.78, 5) is 12.8. The molecule has 0 atom stereocenters. The minimum absolute atomic E-state index is 0.173. The summed E-state index contributed by atoms with van der Waals surface area (Å²) in [7, 11) is 0. The third-order valence-electron chi connectivity index (χ3n) is 2.25. The van der Waals surface area contributed by atoms with Crippen molar-refractivity contribution in [2.75, 3.05) is 0 Å². The molecule has 0 fully saturated rings. The van der Waals surface area contributed by atoms with Gasteiger partial charge in [-0.15, -0.1) is 11.3 Å². The van der Waals surface area contributed by atoms with Gasteiger partial charge in [0.1, 0.15) is 5.82 Å². The molecule has 0 saturated carbocycles. The number of hydrogen-bond donors (Lipinski definition) is 1. The smallest absolute Gasteiger partial charge is 0.252 e. The lowest BCUT2D eigenvalue weighted by atomic mass is 10.2. The molecule has 0 unspecified atom stereocenters. The Hall–Kier alpha value is -0.910. The van der Waals surface area contributed by atoms with Gasteiger partial charge >= 0.3 is 0 Å². The predicted octanol–water partition coefficient (Wildman–Crippen LogP) is 4.23. The van der Waals surface area contributed by atoms with E-state index in [9.17, 15) is 9.18 Å². The van der Waals surface area contributed by atoms with E-state index in [0.29, 0.717) is 10.9 Å². The highest BCUT2D eigenvalue weighted by molar-refractivity contribution is 9.10. The maximum Gasteiger partial charge on any atom is 0.252 e. The van der Waals surface area contributed by atoms with Gasteiger partial charge in [-0.05, 0) is 40.2 Å². The average Bonchev–Trinajstić information content (AvgIpc) is 2.76. The monoisotopic (exact) mass is 347 g/mol. The third-order valence-corrected chi connectivity index (χ3v) is 4.29. The number of nitrogens with one attached hydrogen (secondary N) is 1. The lowest BCUT2D eigenvalue weighted by Gasteiger charge is -2.06. The molecule has 2 rings (SSSR count). The van der Waals surface area contributed by atoms with Crippen molar-refractivity contribution in [1.29, 1.82) is 0 Å². The Morgan fingerprint density at radius 3 is 2.83 bits per heavy atom. The lowest BCUT2D eigenvalue weighted by molar-refractivity contribution is 0.0950. The van der Waals surface area contributed by atoms with Crippen LogP contribution in [0.2, 0.25) is 4.34 Å². The summed E-state index contributed by atoms with van der Waals surface area (Å²) in [6, 6.07) is 7.96. The van der Waals surface area contributed by atoms with Crippen LogP contribution in [0.5, 0.6) is 0 Å². The summed E-state index contributed by atoms with van der Waals surface area (Å²) in [5, 5.41) is 2.71. The summed E-state index contributed by atoms with van der Waals surface area (Å²) >= 11 is 10.2. The zero-order valence-corrected chi connectivity index (χ0v) is 12.2. The van der Waals surface area contributed by atoms with Crippen LogP contribution in [0.25, 0.3) is 0 Å². The third kappa shape index (κ3) is 3.10. The molecule has 6 heteroatoms. The molecule has 1 aromatic carbocycles. The fraction of sp³-hybridized carbons (Fsp3) is 0.0833. The Balaban J connectivity index is 2.06. The molecular formula is C12H8BrClFNOS. The number of rotatable bonds is 3. The van der Waals surface area contributed by atoms with Crippen molar-refractivity contribution in [3.8, 4) is 0 Å². The second-order valence-electron chi connectivity index (χ2n) is 3.49. The van der Waals surface area contributed by atoms with Crippen molar-refractivity contribution in [3.63, 3.8) is 0 Å². The molecule has 1 heterocycles. The van der Waals surface area contributed by atoms with Gasteiger partial charge in [-0.25, -0.2) is 4.39 Å². The lowest BCUT2D eigenvalue weighted by Crippen LogP contribution is -2.22. The first-order valence-corrected chi connectivity index (χ1v) is 7.03. The SMILES string of the molecule is O=C(NCc1ccc(Cl)s1)c1cccc(F)c1Br. The van der Waals surface area contributed by atoms with E-state index >= 15 is 0 Å². The van der Waals surface area contributed by atoms with Crippen LogP contribution in [-0.4, -0.2) is 5.91 Å². The number of hydrogen-bond acceptors (Lipinski definition) is 2. The van der Waals surface area contributed by atoms with Gasteiger partial charge in [0, 0.05) is 4.88 Å².